The Bertz CT molecular complexity index is 256. The molecule has 0 amide bonds. The first-order chi connectivity index (χ1) is 9.79. The maximum atomic E-state index is 10.2. The minimum absolute atomic E-state index is 0.282. The number of hydrogen-bond acceptors (Lipinski definition) is 4. The van der Waals surface area contributed by atoms with Crippen molar-refractivity contribution in [3.05, 3.63) is 0 Å². The van der Waals surface area contributed by atoms with Crippen LogP contribution < -0.4 is 0 Å². The Kier molecular flexibility index (Phi) is 7.28. The Morgan fingerprint density at radius 1 is 1.20 bits per heavy atom. The molecule has 0 radical (unpaired) electrons. The topological polar surface area (TPSA) is 41.9 Å². The molecule has 0 spiro atoms. The molecule has 0 aromatic carbocycles. The second kappa shape index (κ2) is 8.98. The minimum Gasteiger partial charge on any atom is -0.389 e. The number of rotatable bonds is 6. The van der Waals surface area contributed by atoms with E-state index in [1.54, 1.807) is 0 Å². The standard InChI is InChI=1S/C16H31NO3/c1-2-14-6-4-3-5-9-17(14)12-15(18)13-20-16-7-10-19-11-8-16/h14-16,18H,2-13H2,1H3. The zero-order valence-corrected chi connectivity index (χ0v) is 12.9. The Morgan fingerprint density at radius 3 is 2.75 bits per heavy atom. The van der Waals surface area contributed by atoms with E-state index < -0.39 is 0 Å². The van der Waals surface area contributed by atoms with Crippen molar-refractivity contribution in [2.75, 3.05) is 32.9 Å². The highest BCUT2D eigenvalue weighted by molar-refractivity contribution is 4.77. The Hall–Kier alpha value is -0.160. The Labute approximate surface area is 123 Å². The predicted molar refractivity (Wildman–Crippen MR) is 79.9 cm³/mol. The number of likely N-dealkylation sites (tertiary alicyclic amines) is 1. The van der Waals surface area contributed by atoms with E-state index in [0.29, 0.717) is 12.6 Å². The molecule has 4 heteroatoms. The maximum absolute atomic E-state index is 10.2. The van der Waals surface area contributed by atoms with Gasteiger partial charge in [-0.1, -0.05) is 19.8 Å². The van der Waals surface area contributed by atoms with E-state index in [2.05, 4.69) is 11.8 Å². The summed E-state index contributed by atoms with van der Waals surface area (Å²) in [6.45, 7) is 6.22. The van der Waals surface area contributed by atoms with Crippen molar-refractivity contribution in [1.29, 1.82) is 0 Å². The van der Waals surface area contributed by atoms with Crippen LogP contribution in [-0.2, 0) is 9.47 Å². The fourth-order valence-electron chi connectivity index (χ4n) is 3.35. The van der Waals surface area contributed by atoms with Gasteiger partial charge in [-0.15, -0.1) is 0 Å². The molecule has 2 unspecified atom stereocenters. The summed E-state index contributed by atoms with van der Waals surface area (Å²) in [6, 6.07) is 0.648. The summed E-state index contributed by atoms with van der Waals surface area (Å²) in [5.41, 5.74) is 0. The van der Waals surface area contributed by atoms with Crippen LogP contribution in [0.15, 0.2) is 0 Å². The highest BCUT2D eigenvalue weighted by atomic mass is 16.5. The molecular formula is C16H31NO3. The Balaban J connectivity index is 1.69. The number of ether oxygens (including phenoxy) is 2. The van der Waals surface area contributed by atoms with Crippen LogP contribution in [0.25, 0.3) is 0 Å². The predicted octanol–water partition coefficient (Wildman–Crippen LogP) is 2.20. The van der Waals surface area contributed by atoms with E-state index in [1.807, 2.05) is 0 Å². The molecular weight excluding hydrogens is 254 g/mol. The summed E-state index contributed by atoms with van der Waals surface area (Å²) < 4.78 is 11.1. The molecule has 0 bridgehead atoms. The lowest BCUT2D eigenvalue weighted by molar-refractivity contribution is -0.0660. The smallest absolute Gasteiger partial charge is 0.0900 e. The average molecular weight is 285 g/mol. The Morgan fingerprint density at radius 2 is 2.00 bits per heavy atom. The summed E-state index contributed by atoms with van der Waals surface area (Å²) >= 11 is 0. The van der Waals surface area contributed by atoms with Gasteiger partial charge < -0.3 is 14.6 Å². The minimum atomic E-state index is -0.356. The molecule has 2 rings (SSSR count). The normalized spacial score (nSPS) is 28.2. The summed E-state index contributed by atoms with van der Waals surface area (Å²) in [6.07, 6.45) is 8.27. The van der Waals surface area contributed by atoms with E-state index in [1.165, 1.54) is 32.1 Å². The van der Waals surface area contributed by atoms with Crippen molar-refractivity contribution in [3.8, 4) is 0 Å². The van der Waals surface area contributed by atoms with Gasteiger partial charge in [0.25, 0.3) is 0 Å². The first-order valence-corrected chi connectivity index (χ1v) is 8.41. The van der Waals surface area contributed by atoms with E-state index >= 15 is 0 Å². The van der Waals surface area contributed by atoms with Gasteiger partial charge in [0.05, 0.1) is 18.8 Å². The van der Waals surface area contributed by atoms with Crippen molar-refractivity contribution in [1.82, 2.24) is 4.90 Å². The average Bonchev–Trinajstić information content (AvgIpc) is 2.71. The fourth-order valence-corrected chi connectivity index (χ4v) is 3.35. The van der Waals surface area contributed by atoms with Gasteiger partial charge in [-0.25, -0.2) is 0 Å². The van der Waals surface area contributed by atoms with Crippen molar-refractivity contribution < 1.29 is 14.6 Å². The van der Waals surface area contributed by atoms with E-state index in [4.69, 9.17) is 9.47 Å². The van der Waals surface area contributed by atoms with Gasteiger partial charge in [0.2, 0.25) is 0 Å². The van der Waals surface area contributed by atoms with E-state index in [-0.39, 0.29) is 12.2 Å². The summed E-state index contributed by atoms with van der Waals surface area (Å²) in [7, 11) is 0. The highest BCUT2D eigenvalue weighted by Gasteiger charge is 2.22. The van der Waals surface area contributed by atoms with Crippen molar-refractivity contribution >= 4 is 0 Å². The van der Waals surface area contributed by atoms with Crippen LogP contribution in [0.3, 0.4) is 0 Å². The third-order valence-corrected chi connectivity index (χ3v) is 4.61. The molecule has 4 nitrogen and oxygen atoms in total. The number of aliphatic hydroxyl groups excluding tert-OH is 1. The molecule has 0 aromatic rings. The number of hydrogen-bond donors (Lipinski definition) is 1. The lowest BCUT2D eigenvalue weighted by Crippen LogP contribution is -2.42. The van der Waals surface area contributed by atoms with Gasteiger partial charge in [-0.2, -0.15) is 0 Å². The van der Waals surface area contributed by atoms with Crippen LogP contribution >= 0.6 is 0 Å². The third-order valence-electron chi connectivity index (χ3n) is 4.61. The highest BCUT2D eigenvalue weighted by Crippen LogP contribution is 2.19. The van der Waals surface area contributed by atoms with Crippen LogP contribution in [0.2, 0.25) is 0 Å². The van der Waals surface area contributed by atoms with Crippen molar-refractivity contribution in [3.63, 3.8) is 0 Å². The second-order valence-corrected chi connectivity index (χ2v) is 6.21. The summed E-state index contributed by atoms with van der Waals surface area (Å²) in [4.78, 5) is 2.48. The molecule has 2 heterocycles. The molecule has 0 aromatic heterocycles. The van der Waals surface area contributed by atoms with Crippen LogP contribution in [0.4, 0.5) is 0 Å². The molecule has 2 atom stereocenters. The quantitative estimate of drug-likeness (QED) is 0.812. The lowest BCUT2D eigenvalue weighted by atomic mass is 10.1. The zero-order chi connectivity index (χ0) is 14.2. The van der Waals surface area contributed by atoms with Crippen molar-refractivity contribution in [2.24, 2.45) is 0 Å². The maximum Gasteiger partial charge on any atom is 0.0900 e. The number of nitrogens with zero attached hydrogens (tertiary/aromatic N) is 1. The van der Waals surface area contributed by atoms with Gasteiger partial charge in [0.1, 0.15) is 0 Å². The van der Waals surface area contributed by atoms with E-state index in [9.17, 15) is 5.11 Å². The summed E-state index contributed by atoms with van der Waals surface area (Å²) in [5.74, 6) is 0. The van der Waals surface area contributed by atoms with Gasteiger partial charge in [0.15, 0.2) is 0 Å². The molecule has 1 N–H and O–H groups in total. The van der Waals surface area contributed by atoms with Crippen LogP contribution in [-0.4, -0.2) is 61.2 Å². The second-order valence-electron chi connectivity index (χ2n) is 6.21. The molecule has 0 saturated carbocycles. The summed E-state index contributed by atoms with van der Waals surface area (Å²) in [5, 5.41) is 10.2. The molecule has 0 aliphatic carbocycles. The SMILES string of the molecule is CCC1CCCCCN1CC(O)COC1CCOCC1. The molecule has 118 valence electrons. The zero-order valence-electron chi connectivity index (χ0n) is 12.9. The largest absolute Gasteiger partial charge is 0.389 e. The fraction of sp³-hybridized carbons (Fsp3) is 1.00. The van der Waals surface area contributed by atoms with Gasteiger partial charge in [0, 0.05) is 25.8 Å². The monoisotopic (exact) mass is 285 g/mol. The van der Waals surface area contributed by atoms with Gasteiger partial charge in [-0.05, 0) is 38.6 Å². The molecule has 2 saturated heterocycles. The third kappa shape index (κ3) is 5.32. The van der Waals surface area contributed by atoms with Crippen LogP contribution in [0.5, 0.6) is 0 Å². The first kappa shape index (κ1) is 16.2. The first-order valence-electron chi connectivity index (χ1n) is 8.41. The number of β-amino-alcohol motifs (C(OH)–C–C–N with tert-alkyl or cyclic N) is 1. The molecule has 2 fully saturated rings. The molecule has 20 heavy (non-hydrogen) atoms. The van der Waals surface area contributed by atoms with Crippen LogP contribution in [0.1, 0.15) is 51.9 Å². The van der Waals surface area contributed by atoms with Crippen LogP contribution in [0, 0.1) is 0 Å². The molecule has 2 aliphatic heterocycles. The van der Waals surface area contributed by atoms with Gasteiger partial charge >= 0.3 is 0 Å². The number of aliphatic hydroxyl groups is 1. The molecule has 2 aliphatic rings. The van der Waals surface area contributed by atoms with Gasteiger partial charge in [-0.3, -0.25) is 4.90 Å². The lowest BCUT2D eigenvalue weighted by Gasteiger charge is -2.31. The van der Waals surface area contributed by atoms with E-state index in [0.717, 1.165) is 39.1 Å². The van der Waals surface area contributed by atoms with Crippen molar-refractivity contribution in [2.45, 2.75) is 70.1 Å².